The molecule has 0 radical (unpaired) electrons. The van der Waals surface area contributed by atoms with Crippen molar-refractivity contribution in [3.05, 3.63) is 108 Å². The summed E-state index contributed by atoms with van der Waals surface area (Å²) in [5, 5.41) is 10.8. The summed E-state index contributed by atoms with van der Waals surface area (Å²) >= 11 is 0. The molecule has 1 amide bonds. The quantitative estimate of drug-likeness (QED) is 0.431. The highest BCUT2D eigenvalue weighted by Gasteiger charge is 2.29. The summed E-state index contributed by atoms with van der Waals surface area (Å²) in [5.74, 6) is -0.143. The van der Waals surface area contributed by atoms with Gasteiger partial charge in [-0.2, -0.15) is 15.2 Å². The second kappa shape index (κ2) is 7.88. The van der Waals surface area contributed by atoms with Crippen molar-refractivity contribution < 1.29 is 4.79 Å². The Labute approximate surface area is 180 Å². The van der Waals surface area contributed by atoms with Crippen LogP contribution < -0.4 is 5.01 Å². The molecule has 0 aliphatic carbocycles. The topological polar surface area (TPSA) is 50.5 Å². The fourth-order valence-electron chi connectivity index (χ4n) is 3.61. The van der Waals surface area contributed by atoms with Crippen molar-refractivity contribution in [3.63, 3.8) is 0 Å². The Bertz CT molecular complexity index is 1290. The summed E-state index contributed by atoms with van der Waals surface area (Å²) in [6, 6.07) is 29.4. The molecule has 1 aliphatic heterocycles. The maximum absolute atomic E-state index is 13.2. The number of rotatable bonds is 4. The second-order valence-electron chi connectivity index (χ2n) is 7.28. The van der Waals surface area contributed by atoms with Crippen LogP contribution in [-0.4, -0.2) is 21.4 Å². The molecule has 5 heteroatoms. The van der Waals surface area contributed by atoms with Crippen LogP contribution in [0.25, 0.3) is 23.0 Å². The number of benzene rings is 3. The van der Waals surface area contributed by atoms with E-state index in [4.69, 9.17) is 5.10 Å². The van der Waals surface area contributed by atoms with Gasteiger partial charge in [0.05, 0.1) is 28.4 Å². The van der Waals surface area contributed by atoms with Gasteiger partial charge in [0.1, 0.15) is 0 Å². The minimum atomic E-state index is -0.143. The van der Waals surface area contributed by atoms with E-state index in [0.29, 0.717) is 11.3 Å². The van der Waals surface area contributed by atoms with Crippen LogP contribution in [0.2, 0.25) is 0 Å². The van der Waals surface area contributed by atoms with E-state index in [-0.39, 0.29) is 5.91 Å². The smallest absolute Gasteiger partial charge is 0.267 e. The SMILES string of the molecule is CC1=NN(c2ccccc2)C(=O)C1=Cc1cn(-c2ccccc2)nc1-c1ccccc1. The average molecular weight is 404 g/mol. The fourth-order valence-corrected chi connectivity index (χ4v) is 3.61. The van der Waals surface area contributed by atoms with Crippen LogP contribution in [-0.2, 0) is 4.79 Å². The Kier molecular flexibility index (Phi) is 4.77. The highest BCUT2D eigenvalue weighted by molar-refractivity contribution is 6.32. The predicted molar refractivity (Wildman–Crippen MR) is 124 cm³/mol. The number of anilines is 1. The van der Waals surface area contributed by atoms with Crippen LogP contribution in [0.15, 0.2) is 108 Å². The third-order valence-electron chi connectivity index (χ3n) is 5.17. The lowest BCUT2D eigenvalue weighted by atomic mass is 10.0. The number of carbonyl (C=O) groups excluding carboxylic acids is 1. The van der Waals surface area contributed by atoms with Gasteiger partial charge in [-0.15, -0.1) is 0 Å². The molecule has 0 saturated carbocycles. The van der Waals surface area contributed by atoms with Crippen molar-refractivity contribution in [2.24, 2.45) is 5.10 Å². The van der Waals surface area contributed by atoms with E-state index in [9.17, 15) is 4.79 Å². The normalized spacial score (nSPS) is 14.9. The molecule has 1 aromatic heterocycles. The van der Waals surface area contributed by atoms with E-state index in [1.165, 1.54) is 5.01 Å². The first-order valence-corrected chi connectivity index (χ1v) is 10.1. The highest BCUT2D eigenvalue weighted by atomic mass is 16.2. The Morgan fingerprint density at radius 1 is 0.774 bits per heavy atom. The molecule has 0 atom stereocenters. The van der Waals surface area contributed by atoms with Crippen molar-refractivity contribution in [3.8, 4) is 16.9 Å². The van der Waals surface area contributed by atoms with E-state index in [2.05, 4.69) is 5.10 Å². The molecule has 1 aliphatic rings. The standard InChI is InChI=1S/C26H20N4O/c1-19-24(26(31)30(27-19)23-15-9-4-10-16-23)17-21-18-29(22-13-7-3-8-14-22)28-25(21)20-11-5-2-6-12-20/h2-18H,1H3. The lowest BCUT2D eigenvalue weighted by Crippen LogP contribution is -2.21. The zero-order valence-electron chi connectivity index (χ0n) is 17.0. The van der Waals surface area contributed by atoms with Gasteiger partial charge in [0.25, 0.3) is 5.91 Å². The second-order valence-corrected chi connectivity index (χ2v) is 7.28. The van der Waals surface area contributed by atoms with Gasteiger partial charge in [-0.3, -0.25) is 4.79 Å². The lowest BCUT2D eigenvalue weighted by molar-refractivity contribution is -0.114. The maximum Gasteiger partial charge on any atom is 0.280 e. The van der Waals surface area contributed by atoms with E-state index in [0.717, 1.165) is 28.2 Å². The van der Waals surface area contributed by atoms with Crippen molar-refractivity contribution in [1.82, 2.24) is 9.78 Å². The Balaban J connectivity index is 1.60. The molecule has 3 aromatic carbocycles. The van der Waals surface area contributed by atoms with E-state index in [1.807, 2.05) is 115 Å². The number of nitrogens with zero attached hydrogens (tertiary/aromatic N) is 4. The van der Waals surface area contributed by atoms with E-state index < -0.39 is 0 Å². The summed E-state index contributed by atoms with van der Waals surface area (Å²) in [6.45, 7) is 1.86. The van der Waals surface area contributed by atoms with Crippen LogP contribution in [0.3, 0.4) is 0 Å². The van der Waals surface area contributed by atoms with Gasteiger partial charge in [-0.05, 0) is 37.3 Å². The fraction of sp³-hybridized carbons (Fsp3) is 0.0385. The molecule has 0 N–H and O–H groups in total. The molecular formula is C26H20N4O. The number of hydrazone groups is 1. The zero-order valence-corrected chi connectivity index (χ0v) is 17.0. The monoisotopic (exact) mass is 404 g/mol. The average Bonchev–Trinajstić information content (AvgIpc) is 3.37. The largest absolute Gasteiger partial charge is 0.280 e. The molecule has 0 unspecified atom stereocenters. The minimum Gasteiger partial charge on any atom is -0.267 e. The summed E-state index contributed by atoms with van der Waals surface area (Å²) < 4.78 is 1.84. The summed E-state index contributed by atoms with van der Waals surface area (Å²) in [7, 11) is 0. The van der Waals surface area contributed by atoms with E-state index >= 15 is 0 Å². The first-order valence-electron chi connectivity index (χ1n) is 10.1. The van der Waals surface area contributed by atoms with E-state index in [1.54, 1.807) is 0 Å². The first kappa shape index (κ1) is 18.8. The van der Waals surface area contributed by atoms with Crippen LogP contribution in [0.5, 0.6) is 0 Å². The molecule has 0 spiro atoms. The number of aromatic nitrogens is 2. The summed E-state index contributed by atoms with van der Waals surface area (Å²) in [6.07, 6.45) is 3.84. The number of amides is 1. The minimum absolute atomic E-state index is 0.143. The molecule has 0 bridgehead atoms. The van der Waals surface area contributed by atoms with Gasteiger partial charge < -0.3 is 0 Å². The third kappa shape index (κ3) is 3.57. The molecular weight excluding hydrogens is 384 g/mol. The number of carbonyl (C=O) groups is 1. The molecule has 5 nitrogen and oxygen atoms in total. The van der Waals surface area contributed by atoms with Crippen molar-refractivity contribution in [1.29, 1.82) is 0 Å². The maximum atomic E-state index is 13.2. The molecule has 150 valence electrons. The molecule has 5 rings (SSSR count). The van der Waals surface area contributed by atoms with Gasteiger partial charge in [-0.1, -0.05) is 66.7 Å². The van der Waals surface area contributed by atoms with Gasteiger partial charge in [0.2, 0.25) is 0 Å². The van der Waals surface area contributed by atoms with Gasteiger partial charge >= 0.3 is 0 Å². The highest BCUT2D eigenvalue weighted by Crippen LogP contribution is 2.29. The van der Waals surface area contributed by atoms with Crippen LogP contribution in [0, 0.1) is 0 Å². The number of hydrogen-bond acceptors (Lipinski definition) is 3. The molecule has 4 aromatic rings. The van der Waals surface area contributed by atoms with Gasteiger partial charge in [-0.25, -0.2) is 4.68 Å². The van der Waals surface area contributed by atoms with Crippen molar-refractivity contribution in [2.45, 2.75) is 6.92 Å². The third-order valence-corrected chi connectivity index (χ3v) is 5.17. The predicted octanol–water partition coefficient (Wildman–Crippen LogP) is 5.35. The van der Waals surface area contributed by atoms with Crippen molar-refractivity contribution >= 4 is 23.4 Å². The number of para-hydroxylation sites is 2. The Morgan fingerprint density at radius 3 is 2.00 bits per heavy atom. The van der Waals surface area contributed by atoms with Crippen LogP contribution in [0.4, 0.5) is 5.69 Å². The van der Waals surface area contributed by atoms with Crippen LogP contribution in [0.1, 0.15) is 12.5 Å². The van der Waals surface area contributed by atoms with Gasteiger partial charge in [0.15, 0.2) is 0 Å². The first-order chi connectivity index (χ1) is 15.2. The zero-order chi connectivity index (χ0) is 21.2. The molecule has 2 heterocycles. The number of hydrogen-bond donors (Lipinski definition) is 0. The van der Waals surface area contributed by atoms with Crippen LogP contribution >= 0.6 is 0 Å². The lowest BCUT2D eigenvalue weighted by Gasteiger charge is -2.11. The Morgan fingerprint density at radius 2 is 1.35 bits per heavy atom. The molecule has 0 saturated heterocycles. The van der Waals surface area contributed by atoms with Crippen molar-refractivity contribution in [2.75, 3.05) is 5.01 Å². The summed E-state index contributed by atoms with van der Waals surface area (Å²) in [4.78, 5) is 13.2. The summed E-state index contributed by atoms with van der Waals surface area (Å²) in [5.41, 5.74) is 5.62. The molecule has 0 fully saturated rings. The molecule has 31 heavy (non-hydrogen) atoms. The Hall–Kier alpha value is -4.25. The van der Waals surface area contributed by atoms with Gasteiger partial charge in [0, 0.05) is 17.3 Å².